The van der Waals surface area contributed by atoms with Crippen molar-refractivity contribution in [1.82, 2.24) is 10.3 Å². The number of hydrogen-bond acceptors (Lipinski definition) is 3. The lowest BCUT2D eigenvalue weighted by Gasteiger charge is -2.17. The standard InChI is InChI=1S/C16H15F3N2O3/c17-16(18,19)15(23)21-7-9-5-6-13(24-9)12-8-20-14(22)11-4-2-1-3-10(11)12/h5-6,8H,1-4,7H2,(H,20,22)(H,21,23). The average molecular weight is 340 g/mol. The molecular weight excluding hydrogens is 325 g/mol. The minimum Gasteiger partial charge on any atom is -0.459 e. The molecule has 2 N–H and O–H groups in total. The third-order valence-electron chi connectivity index (χ3n) is 4.02. The van der Waals surface area contributed by atoms with Crippen LogP contribution in [0.15, 0.2) is 27.5 Å². The Bertz CT molecular complexity index is 821. The highest BCUT2D eigenvalue weighted by molar-refractivity contribution is 5.81. The number of furan rings is 1. The number of pyridine rings is 1. The molecule has 128 valence electrons. The number of carbonyl (C=O) groups is 1. The predicted octanol–water partition coefficient (Wildman–Crippen LogP) is 2.69. The van der Waals surface area contributed by atoms with Crippen molar-refractivity contribution in [3.8, 4) is 11.3 Å². The number of halogens is 3. The zero-order valence-corrected chi connectivity index (χ0v) is 12.6. The maximum atomic E-state index is 12.2. The van der Waals surface area contributed by atoms with E-state index in [1.807, 2.05) is 0 Å². The number of fused-ring (bicyclic) bond motifs is 1. The molecule has 3 rings (SSSR count). The summed E-state index contributed by atoms with van der Waals surface area (Å²) in [6.45, 7) is -0.357. The predicted molar refractivity (Wildman–Crippen MR) is 79.3 cm³/mol. The number of hydrogen-bond donors (Lipinski definition) is 2. The lowest BCUT2D eigenvalue weighted by Crippen LogP contribution is -2.36. The number of alkyl halides is 3. The van der Waals surface area contributed by atoms with Gasteiger partial charge >= 0.3 is 12.1 Å². The van der Waals surface area contributed by atoms with Crippen LogP contribution in [0.2, 0.25) is 0 Å². The van der Waals surface area contributed by atoms with Gasteiger partial charge in [-0.25, -0.2) is 0 Å². The van der Waals surface area contributed by atoms with Gasteiger partial charge in [-0.1, -0.05) is 0 Å². The van der Waals surface area contributed by atoms with E-state index in [-0.39, 0.29) is 17.9 Å². The molecule has 0 aromatic carbocycles. The van der Waals surface area contributed by atoms with E-state index in [1.165, 1.54) is 6.07 Å². The van der Waals surface area contributed by atoms with Crippen LogP contribution in [-0.4, -0.2) is 17.1 Å². The van der Waals surface area contributed by atoms with Crippen LogP contribution in [-0.2, 0) is 24.2 Å². The summed E-state index contributed by atoms with van der Waals surface area (Å²) in [4.78, 5) is 25.4. The second-order valence-electron chi connectivity index (χ2n) is 5.64. The molecule has 2 aromatic rings. The van der Waals surface area contributed by atoms with Crippen molar-refractivity contribution in [1.29, 1.82) is 0 Å². The molecular formula is C16H15F3N2O3. The fourth-order valence-electron chi connectivity index (χ4n) is 2.87. The van der Waals surface area contributed by atoms with Gasteiger partial charge in [0, 0.05) is 17.3 Å². The molecule has 5 nitrogen and oxygen atoms in total. The first-order valence-electron chi connectivity index (χ1n) is 7.54. The van der Waals surface area contributed by atoms with Gasteiger partial charge in [-0.15, -0.1) is 0 Å². The van der Waals surface area contributed by atoms with E-state index in [0.29, 0.717) is 12.2 Å². The van der Waals surface area contributed by atoms with Gasteiger partial charge in [0.2, 0.25) is 0 Å². The third-order valence-corrected chi connectivity index (χ3v) is 4.02. The SMILES string of the molecule is O=C(NCc1ccc(-c2c[nH]c(=O)c3c2CCCC3)o1)C(F)(F)F. The fraction of sp³-hybridized carbons (Fsp3) is 0.375. The fourth-order valence-corrected chi connectivity index (χ4v) is 2.87. The molecule has 2 aromatic heterocycles. The molecule has 0 radical (unpaired) electrons. The van der Waals surface area contributed by atoms with E-state index in [4.69, 9.17) is 4.42 Å². The Kier molecular flexibility index (Phi) is 4.21. The number of aromatic nitrogens is 1. The summed E-state index contributed by atoms with van der Waals surface area (Å²) in [5.41, 5.74) is 2.28. The average Bonchev–Trinajstić information content (AvgIpc) is 3.01. The Hall–Kier alpha value is -2.51. The highest BCUT2D eigenvalue weighted by Crippen LogP contribution is 2.30. The van der Waals surface area contributed by atoms with Gasteiger partial charge in [0.05, 0.1) is 6.54 Å². The van der Waals surface area contributed by atoms with Gasteiger partial charge in [-0.3, -0.25) is 9.59 Å². The van der Waals surface area contributed by atoms with Crippen LogP contribution in [0.3, 0.4) is 0 Å². The summed E-state index contributed by atoms with van der Waals surface area (Å²) in [6, 6.07) is 3.13. The van der Waals surface area contributed by atoms with Crippen molar-refractivity contribution in [3.05, 3.63) is 45.6 Å². The topological polar surface area (TPSA) is 75.1 Å². The van der Waals surface area contributed by atoms with Crippen LogP contribution in [0.25, 0.3) is 11.3 Å². The maximum absolute atomic E-state index is 12.2. The van der Waals surface area contributed by atoms with Crippen LogP contribution in [0.4, 0.5) is 13.2 Å². The smallest absolute Gasteiger partial charge is 0.459 e. The molecule has 1 aliphatic carbocycles. The van der Waals surface area contributed by atoms with E-state index < -0.39 is 12.1 Å². The van der Waals surface area contributed by atoms with Crippen LogP contribution in [0, 0.1) is 0 Å². The zero-order chi connectivity index (χ0) is 17.3. The van der Waals surface area contributed by atoms with Crippen molar-refractivity contribution in [2.75, 3.05) is 0 Å². The first-order chi connectivity index (χ1) is 11.4. The molecule has 8 heteroatoms. The van der Waals surface area contributed by atoms with Gasteiger partial charge in [0.1, 0.15) is 11.5 Å². The lowest BCUT2D eigenvalue weighted by atomic mass is 9.89. The summed E-state index contributed by atoms with van der Waals surface area (Å²) < 4.78 is 42.1. The van der Waals surface area contributed by atoms with Crippen LogP contribution in [0.1, 0.15) is 29.7 Å². The lowest BCUT2D eigenvalue weighted by molar-refractivity contribution is -0.173. The number of carbonyl (C=O) groups excluding carboxylic acids is 1. The molecule has 0 unspecified atom stereocenters. The molecule has 1 amide bonds. The molecule has 1 aliphatic rings. The van der Waals surface area contributed by atoms with E-state index in [0.717, 1.165) is 36.0 Å². The summed E-state index contributed by atoms with van der Waals surface area (Å²) in [5.74, 6) is -1.35. The van der Waals surface area contributed by atoms with E-state index in [1.54, 1.807) is 17.6 Å². The van der Waals surface area contributed by atoms with E-state index >= 15 is 0 Å². The van der Waals surface area contributed by atoms with Crippen molar-refractivity contribution in [3.63, 3.8) is 0 Å². The minimum absolute atomic E-state index is 0.113. The summed E-state index contributed by atoms with van der Waals surface area (Å²) in [7, 11) is 0. The Balaban J connectivity index is 1.82. The number of rotatable bonds is 3. The van der Waals surface area contributed by atoms with Crippen molar-refractivity contribution in [2.45, 2.75) is 38.4 Å². The van der Waals surface area contributed by atoms with Crippen LogP contribution in [0.5, 0.6) is 0 Å². The summed E-state index contributed by atoms with van der Waals surface area (Å²) in [6.07, 6.45) is 0.0189. The van der Waals surface area contributed by atoms with Gasteiger partial charge in [0.25, 0.3) is 5.56 Å². The number of H-pyrrole nitrogens is 1. The highest BCUT2D eigenvalue weighted by atomic mass is 19.4. The second kappa shape index (κ2) is 6.18. The number of aromatic amines is 1. The Morgan fingerprint density at radius 1 is 1.21 bits per heavy atom. The molecule has 0 fully saturated rings. The number of amides is 1. The van der Waals surface area contributed by atoms with Crippen molar-refractivity contribution >= 4 is 5.91 Å². The molecule has 0 aliphatic heterocycles. The Morgan fingerprint density at radius 2 is 1.92 bits per heavy atom. The molecule has 24 heavy (non-hydrogen) atoms. The van der Waals surface area contributed by atoms with Crippen LogP contribution >= 0.6 is 0 Å². The van der Waals surface area contributed by atoms with Crippen molar-refractivity contribution < 1.29 is 22.4 Å². The normalized spacial score (nSPS) is 14.3. The Labute approximate surface area is 134 Å². The monoisotopic (exact) mass is 340 g/mol. The molecule has 2 heterocycles. The van der Waals surface area contributed by atoms with E-state index in [2.05, 4.69) is 4.98 Å². The summed E-state index contributed by atoms with van der Waals surface area (Å²) in [5, 5.41) is 1.76. The summed E-state index contributed by atoms with van der Waals surface area (Å²) >= 11 is 0. The van der Waals surface area contributed by atoms with Gasteiger partial charge in [-0.2, -0.15) is 13.2 Å². The van der Waals surface area contributed by atoms with E-state index in [9.17, 15) is 22.8 Å². The molecule has 0 saturated heterocycles. The quantitative estimate of drug-likeness (QED) is 0.902. The highest BCUT2D eigenvalue weighted by Gasteiger charge is 2.38. The molecule has 0 saturated carbocycles. The van der Waals surface area contributed by atoms with Crippen LogP contribution < -0.4 is 10.9 Å². The molecule has 0 spiro atoms. The zero-order valence-electron chi connectivity index (χ0n) is 12.6. The molecule has 0 atom stereocenters. The molecule has 0 bridgehead atoms. The third kappa shape index (κ3) is 3.22. The maximum Gasteiger partial charge on any atom is 0.471 e. The second-order valence-corrected chi connectivity index (χ2v) is 5.64. The number of nitrogens with one attached hydrogen (secondary N) is 2. The van der Waals surface area contributed by atoms with Gasteiger partial charge < -0.3 is 14.7 Å². The van der Waals surface area contributed by atoms with Gasteiger partial charge in [0.15, 0.2) is 0 Å². The Morgan fingerprint density at radius 3 is 2.62 bits per heavy atom. The van der Waals surface area contributed by atoms with Crippen molar-refractivity contribution in [2.24, 2.45) is 0 Å². The minimum atomic E-state index is -4.92. The first-order valence-corrected chi connectivity index (χ1v) is 7.54. The largest absolute Gasteiger partial charge is 0.471 e. The first kappa shape index (κ1) is 16.4. The van der Waals surface area contributed by atoms with Gasteiger partial charge in [-0.05, 0) is 43.4 Å².